The van der Waals surface area contributed by atoms with Crippen LogP contribution in [-0.2, 0) is 17.3 Å². The number of hydrogen-bond acceptors (Lipinski definition) is 4. The zero-order valence-electron chi connectivity index (χ0n) is 32.5. The molecule has 0 atom stereocenters. The van der Waals surface area contributed by atoms with E-state index in [0.29, 0.717) is 0 Å². The van der Waals surface area contributed by atoms with Crippen molar-refractivity contribution in [3.63, 3.8) is 0 Å². The molecule has 4 heterocycles. The summed E-state index contributed by atoms with van der Waals surface area (Å²) >= 11 is 0. The minimum absolute atomic E-state index is 0.0899. The van der Waals surface area contributed by atoms with Crippen LogP contribution >= 0.6 is 0 Å². The third kappa shape index (κ3) is 4.72. The van der Waals surface area contributed by atoms with Crippen molar-refractivity contribution in [3.8, 4) is 5.75 Å². The first kappa shape index (κ1) is 33.8. The lowest BCUT2D eigenvalue weighted by Crippen LogP contribution is -2.61. The number of unbranched alkanes of at least 4 members (excludes halogenated alkanes) is 1. The number of furan rings is 1. The first-order valence-corrected chi connectivity index (χ1v) is 19.1. The molecule has 0 bridgehead atoms. The molecule has 5 aromatic rings. The molecule has 4 nitrogen and oxygen atoms in total. The molecule has 0 aliphatic carbocycles. The van der Waals surface area contributed by atoms with Crippen LogP contribution in [0.2, 0.25) is 0 Å². The third-order valence-electron chi connectivity index (χ3n) is 12.6. The highest BCUT2D eigenvalue weighted by atomic mass is 16.5. The fourth-order valence-electron chi connectivity index (χ4n) is 9.19. The van der Waals surface area contributed by atoms with Crippen molar-refractivity contribution in [2.45, 2.75) is 118 Å². The third-order valence-corrected chi connectivity index (χ3v) is 12.6. The summed E-state index contributed by atoms with van der Waals surface area (Å²) < 4.78 is 14.6. The van der Waals surface area contributed by atoms with E-state index in [0.717, 1.165) is 36.4 Å². The molecule has 4 aromatic carbocycles. The minimum Gasteiger partial charge on any atom is -0.487 e. The van der Waals surface area contributed by atoms with Gasteiger partial charge >= 0.3 is 6.71 Å². The van der Waals surface area contributed by atoms with Gasteiger partial charge in [0.15, 0.2) is 0 Å². The van der Waals surface area contributed by atoms with Gasteiger partial charge in [-0.15, -0.1) is 0 Å². The summed E-state index contributed by atoms with van der Waals surface area (Å²) in [5, 5.41) is 0. The second-order valence-electron chi connectivity index (χ2n) is 17.0. The van der Waals surface area contributed by atoms with Crippen molar-refractivity contribution >= 4 is 57.4 Å². The highest BCUT2D eigenvalue weighted by Crippen LogP contribution is 2.54. The van der Waals surface area contributed by atoms with Gasteiger partial charge in [0.1, 0.15) is 17.1 Å². The molecular weight excluding hydrogens is 623 g/mol. The second-order valence-corrected chi connectivity index (χ2v) is 17.0. The van der Waals surface area contributed by atoms with Crippen LogP contribution in [0.3, 0.4) is 0 Å². The van der Waals surface area contributed by atoms with Gasteiger partial charge in [-0.1, -0.05) is 96.8 Å². The summed E-state index contributed by atoms with van der Waals surface area (Å²) in [5.74, 6) is 2.11. The Hall–Kier alpha value is -4.38. The standard InChI is InChI=1S/C46H53BN2O2/c1-12-14-25-44(6,7)38-37(13-2)50-43-41(38)49(33-22-18-16-20-30(33)5)36-27-28(3)26-35-39(36)47(43)40-34(48(35)32-21-17-15-19-29(32)4)24-23-31-42(40)51-46(10,11)45(31,8)9/h15-24,26-27H,12-14,25H2,1-11H3. The van der Waals surface area contributed by atoms with Crippen molar-refractivity contribution in [1.29, 1.82) is 0 Å². The SMILES string of the molecule is CCCCC(C)(C)c1c(CC)oc2c1N(c1ccccc1C)c1cc(C)cc3c1B2c1c(ccc2c1OC(C)(C)C2(C)C)N3c1ccccc1C. The molecule has 1 aromatic heterocycles. The van der Waals surface area contributed by atoms with Crippen LogP contribution in [0.25, 0.3) is 0 Å². The number of fused-ring (bicyclic) bond motifs is 6. The maximum absolute atomic E-state index is 7.39. The van der Waals surface area contributed by atoms with Crippen molar-refractivity contribution in [2.24, 2.45) is 0 Å². The number of ether oxygens (including phenoxy) is 1. The Morgan fingerprint density at radius 1 is 0.725 bits per heavy atom. The van der Waals surface area contributed by atoms with E-state index in [9.17, 15) is 0 Å². The Labute approximate surface area is 305 Å². The van der Waals surface area contributed by atoms with Crippen LogP contribution in [0.15, 0.2) is 77.2 Å². The monoisotopic (exact) mass is 676 g/mol. The molecule has 5 heteroatoms. The molecule has 8 rings (SSSR count). The normalized spacial score (nSPS) is 16.4. The smallest absolute Gasteiger partial charge is 0.301 e. The number of hydrogen-bond donors (Lipinski definition) is 0. The molecule has 0 spiro atoms. The van der Waals surface area contributed by atoms with Crippen LogP contribution in [0.5, 0.6) is 5.75 Å². The highest BCUT2D eigenvalue weighted by molar-refractivity contribution is 7.00. The van der Waals surface area contributed by atoms with E-state index in [-0.39, 0.29) is 23.1 Å². The fraction of sp³-hybridized carbons (Fsp3) is 0.391. The second kappa shape index (κ2) is 11.6. The first-order valence-electron chi connectivity index (χ1n) is 19.1. The van der Waals surface area contributed by atoms with Gasteiger partial charge in [-0.05, 0) is 98.9 Å². The summed E-state index contributed by atoms with van der Waals surface area (Å²) in [7, 11) is 0. The highest BCUT2D eigenvalue weighted by Gasteiger charge is 2.55. The Bertz CT molecular complexity index is 2210. The number of rotatable bonds is 7. The van der Waals surface area contributed by atoms with Gasteiger partial charge in [0.05, 0.1) is 11.3 Å². The quantitative estimate of drug-likeness (QED) is 0.157. The molecule has 3 aliphatic rings. The molecule has 0 unspecified atom stereocenters. The van der Waals surface area contributed by atoms with E-state index in [1.54, 1.807) is 0 Å². The largest absolute Gasteiger partial charge is 0.487 e. The lowest BCUT2D eigenvalue weighted by molar-refractivity contribution is 0.0720. The van der Waals surface area contributed by atoms with E-state index in [4.69, 9.17) is 9.15 Å². The number of aryl methyl sites for hydroxylation is 4. The minimum atomic E-state index is -0.385. The lowest BCUT2D eigenvalue weighted by Gasteiger charge is -2.44. The summed E-state index contributed by atoms with van der Waals surface area (Å²) in [4.78, 5) is 5.07. The Morgan fingerprint density at radius 2 is 1.33 bits per heavy atom. The zero-order valence-corrected chi connectivity index (χ0v) is 32.5. The molecule has 0 fully saturated rings. The zero-order chi connectivity index (χ0) is 36.2. The molecule has 0 N–H and O–H groups in total. The van der Waals surface area contributed by atoms with E-state index < -0.39 is 0 Å². The van der Waals surface area contributed by atoms with Crippen molar-refractivity contribution in [3.05, 3.63) is 106 Å². The number of anilines is 6. The van der Waals surface area contributed by atoms with Crippen LogP contribution in [0.1, 0.15) is 108 Å². The lowest BCUT2D eigenvalue weighted by atomic mass is 9.35. The van der Waals surface area contributed by atoms with Gasteiger partial charge in [-0.2, -0.15) is 0 Å². The summed E-state index contributed by atoms with van der Waals surface area (Å²) in [6.45, 7) is 25.1. The van der Waals surface area contributed by atoms with Crippen LogP contribution in [0.4, 0.5) is 34.1 Å². The number of benzene rings is 4. The Balaban J connectivity index is 1.55. The van der Waals surface area contributed by atoms with Gasteiger partial charge in [0.25, 0.3) is 0 Å². The summed E-state index contributed by atoms with van der Waals surface area (Å²) in [6.07, 6.45) is 4.26. The molecule has 51 heavy (non-hydrogen) atoms. The van der Waals surface area contributed by atoms with Crippen LogP contribution in [0, 0.1) is 20.8 Å². The van der Waals surface area contributed by atoms with Crippen LogP contribution in [-0.4, -0.2) is 12.3 Å². The molecule has 0 saturated heterocycles. The maximum Gasteiger partial charge on any atom is 0.301 e. The van der Waals surface area contributed by atoms with Crippen molar-refractivity contribution in [1.82, 2.24) is 0 Å². The molecule has 0 amide bonds. The van der Waals surface area contributed by atoms with Gasteiger partial charge < -0.3 is 19.0 Å². The van der Waals surface area contributed by atoms with Crippen LogP contribution < -0.4 is 31.1 Å². The molecular formula is C46H53BN2O2. The average Bonchev–Trinajstić information content (AvgIpc) is 3.56. The Morgan fingerprint density at radius 3 is 1.94 bits per heavy atom. The van der Waals surface area contributed by atoms with E-state index in [2.05, 4.69) is 159 Å². The molecule has 262 valence electrons. The number of para-hydroxylation sites is 2. The topological polar surface area (TPSA) is 28.9 Å². The van der Waals surface area contributed by atoms with Crippen molar-refractivity contribution in [2.75, 3.05) is 9.80 Å². The van der Waals surface area contributed by atoms with Gasteiger partial charge in [-0.25, -0.2) is 0 Å². The summed E-state index contributed by atoms with van der Waals surface area (Å²) in [6, 6.07) is 27.1. The van der Waals surface area contributed by atoms with E-state index >= 15 is 0 Å². The van der Waals surface area contributed by atoms with Gasteiger partial charge in [0.2, 0.25) is 0 Å². The maximum atomic E-state index is 7.39. The predicted octanol–water partition coefficient (Wildman–Crippen LogP) is 10.8. The van der Waals surface area contributed by atoms with Crippen molar-refractivity contribution < 1.29 is 9.15 Å². The molecule has 0 saturated carbocycles. The van der Waals surface area contributed by atoms with Gasteiger partial charge in [0, 0.05) is 56.9 Å². The molecule has 0 radical (unpaired) electrons. The Kier molecular flexibility index (Phi) is 7.66. The van der Waals surface area contributed by atoms with E-state index in [1.807, 2.05) is 0 Å². The first-order chi connectivity index (χ1) is 24.2. The fourth-order valence-corrected chi connectivity index (χ4v) is 9.19. The molecule has 3 aliphatic heterocycles. The summed E-state index contributed by atoms with van der Waals surface area (Å²) in [5.41, 5.74) is 16.4. The average molecular weight is 677 g/mol. The van der Waals surface area contributed by atoms with Gasteiger partial charge in [-0.3, -0.25) is 0 Å². The number of nitrogens with zero attached hydrogens (tertiary/aromatic N) is 2. The van der Waals surface area contributed by atoms with E-state index in [1.165, 1.54) is 79.3 Å². The predicted molar refractivity (Wildman–Crippen MR) is 217 cm³/mol.